The highest BCUT2D eigenvalue weighted by molar-refractivity contribution is 7.89. The van der Waals surface area contributed by atoms with Crippen molar-refractivity contribution < 1.29 is 17.9 Å². The highest BCUT2D eigenvalue weighted by Crippen LogP contribution is 2.18. The van der Waals surface area contributed by atoms with Gasteiger partial charge in [0, 0.05) is 12.6 Å². The van der Waals surface area contributed by atoms with E-state index in [2.05, 4.69) is 14.8 Å². The number of hydrogen-bond acceptors (Lipinski definition) is 5. The second-order valence-corrected chi connectivity index (χ2v) is 6.47. The lowest BCUT2D eigenvalue weighted by Gasteiger charge is -2.14. The Morgan fingerprint density at radius 2 is 2.14 bits per heavy atom. The average Bonchev–Trinajstić information content (AvgIpc) is 2.90. The highest BCUT2D eigenvalue weighted by Gasteiger charge is 2.24. The van der Waals surface area contributed by atoms with Crippen LogP contribution in [0.5, 0.6) is 0 Å². The average molecular weight is 335 g/mol. The Morgan fingerprint density at radius 3 is 2.71 bits per heavy atom. The lowest BCUT2D eigenvalue weighted by atomic mass is 10.1. The van der Waals surface area contributed by atoms with Gasteiger partial charge in [-0.3, -0.25) is 0 Å². The van der Waals surface area contributed by atoms with E-state index < -0.39 is 16.0 Å². The van der Waals surface area contributed by atoms with Crippen LogP contribution < -0.4 is 10.0 Å². The molecule has 8 heteroatoms. The standard InChI is InChI=1S/C13H18N2O4S.ClH/c1-9-3-4-10(13(16)19-2)7-12(9)20(17,18)15-11-5-6-14-8-11;/h3-4,7,11,14-15H,5-6,8H2,1-2H3;1H. The predicted molar refractivity (Wildman–Crippen MR) is 81.4 cm³/mol. The number of ether oxygens (including phenoxy) is 1. The molecule has 1 aliphatic heterocycles. The van der Waals surface area contributed by atoms with E-state index in [0.29, 0.717) is 12.1 Å². The minimum Gasteiger partial charge on any atom is -0.465 e. The molecule has 1 aromatic rings. The van der Waals surface area contributed by atoms with Gasteiger partial charge < -0.3 is 10.1 Å². The molecule has 1 aliphatic rings. The van der Waals surface area contributed by atoms with E-state index in [9.17, 15) is 13.2 Å². The molecule has 2 N–H and O–H groups in total. The molecule has 0 saturated carbocycles. The van der Waals surface area contributed by atoms with Crippen LogP contribution in [-0.2, 0) is 14.8 Å². The minimum absolute atomic E-state index is 0. The maximum absolute atomic E-state index is 12.4. The van der Waals surface area contributed by atoms with E-state index in [1.54, 1.807) is 19.1 Å². The van der Waals surface area contributed by atoms with Gasteiger partial charge in [0.05, 0.1) is 17.6 Å². The first-order chi connectivity index (χ1) is 9.44. The molecule has 1 atom stereocenters. The SMILES string of the molecule is COC(=O)c1ccc(C)c(S(=O)(=O)NC2CCNC2)c1.Cl. The fourth-order valence-corrected chi connectivity index (χ4v) is 3.71. The third-order valence-electron chi connectivity index (χ3n) is 3.28. The van der Waals surface area contributed by atoms with Crippen molar-refractivity contribution in [2.45, 2.75) is 24.3 Å². The summed E-state index contributed by atoms with van der Waals surface area (Å²) >= 11 is 0. The second-order valence-electron chi connectivity index (χ2n) is 4.78. The van der Waals surface area contributed by atoms with Crippen LogP contribution in [-0.4, -0.2) is 40.6 Å². The molecule has 1 unspecified atom stereocenters. The van der Waals surface area contributed by atoms with Crippen molar-refractivity contribution in [3.8, 4) is 0 Å². The molecule has 1 aromatic carbocycles. The van der Waals surface area contributed by atoms with Crippen LogP contribution in [0, 0.1) is 6.92 Å². The number of carbonyl (C=O) groups excluding carboxylic acids is 1. The number of aryl methyl sites for hydroxylation is 1. The van der Waals surface area contributed by atoms with E-state index in [1.165, 1.54) is 13.2 Å². The van der Waals surface area contributed by atoms with E-state index >= 15 is 0 Å². The minimum atomic E-state index is -3.64. The fraction of sp³-hybridized carbons (Fsp3) is 0.462. The summed E-state index contributed by atoms with van der Waals surface area (Å²) in [7, 11) is -2.37. The zero-order chi connectivity index (χ0) is 14.8. The summed E-state index contributed by atoms with van der Waals surface area (Å²) in [4.78, 5) is 11.6. The van der Waals surface area contributed by atoms with Crippen LogP contribution in [0.2, 0.25) is 0 Å². The third-order valence-corrected chi connectivity index (χ3v) is 4.94. The maximum atomic E-state index is 12.4. The van der Waals surface area contributed by atoms with Gasteiger partial charge in [0.2, 0.25) is 10.0 Å². The smallest absolute Gasteiger partial charge is 0.337 e. The lowest BCUT2D eigenvalue weighted by molar-refractivity contribution is 0.0600. The first kappa shape index (κ1) is 17.9. The molecular formula is C13H19ClN2O4S. The Morgan fingerprint density at radius 1 is 1.43 bits per heavy atom. The lowest BCUT2D eigenvalue weighted by Crippen LogP contribution is -2.36. The summed E-state index contributed by atoms with van der Waals surface area (Å²) in [6.45, 7) is 3.12. The van der Waals surface area contributed by atoms with Crippen molar-refractivity contribution in [2.75, 3.05) is 20.2 Å². The van der Waals surface area contributed by atoms with Crippen molar-refractivity contribution in [1.82, 2.24) is 10.0 Å². The molecule has 1 saturated heterocycles. The zero-order valence-electron chi connectivity index (χ0n) is 11.9. The molecule has 0 amide bonds. The molecule has 6 nitrogen and oxygen atoms in total. The van der Waals surface area contributed by atoms with Gasteiger partial charge in [0.1, 0.15) is 0 Å². The molecule has 1 heterocycles. The van der Waals surface area contributed by atoms with Gasteiger partial charge in [-0.1, -0.05) is 6.07 Å². The molecule has 21 heavy (non-hydrogen) atoms. The molecule has 118 valence electrons. The second kappa shape index (κ2) is 7.22. The molecule has 0 aromatic heterocycles. The number of carbonyl (C=O) groups is 1. The molecule has 0 bridgehead atoms. The molecule has 2 rings (SSSR count). The van der Waals surface area contributed by atoms with Gasteiger partial charge in [-0.15, -0.1) is 12.4 Å². The number of esters is 1. The largest absolute Gasteiger partial charge is 0.465 e. The summed E-state index contributed by atoms with van der Waals surface area (Å²) in [5.41, 5.74) is 0.819. The molecule has 0 aliphatic carbocycles. The van der Waals surface area contributed by atoms with Crippen LogP contribution >= 0.6 is 12.4 Å². The van der Waals surface area contributed by atoms with E-state index in [0.717, 1.165) is 13.0 Å². The summed E-state index contributed by atoms with van der Waals surface area (Å²) in [6.07, 6.45) is 0.759. The Labute approximate surface area is 130 Å². The number of rotatable bonds is 4. The van der Waals surface area contributed by atoms with Crippen LogP contribution in [0.3, 0.4) is 0 Å². The van der Waals surface area contributed by atoms with Crippen LogP contribution in [0.25, 0.3) is 0 Å². The third kappa shape index (κ3) is 4.16. The van der Waals surface area contributed by atoms with Crippen molar-refractivity contribution >= 4 is 28.4 Å². The number of hydrogen-bond donors (Lipinski definition) is 2. The van der Waals surface area contributed by atoms with E-state index in [4.69, 9.17) is 0 Å². The topological polar surface area (TPSA) is 84.5 Å². The monoisotopic (exact) mass is 334 g/mol. The molecule has 0 spiro atoms. The van der Waals surface area contributed by atoms with E-state index in [1.807, 2.05) is 0 Å². The van der Waals surface area contributed by atoms with Gasteiger partial charge in [0.15, 0.2) is 0 Å². The van der Waals surface area contributed by atoms with Crippen molar-refractivity contribution in [1.29, 1.82) is 0 Å². The molecular weight excluding hydrogens is 316 g/mol. The van der Waals surface area contributed by atoms with Gasteiger partial charge in [0.25, 0.3) is 0 Å². The number of sulfonamides is 1. The normalized spacial score (nSPS) is 18.1. The number of halogens is 1. The van der Waals surface area contributed by atoms with Gasteiger partial charge in [-0.25, -0.2) is 17.9 Å². The Hall–Kier alpha value is -1.15. The predicted octanol–water partition coefficient (Wildman–Crippen LogP) is 0.844. The zero-order valence-corrected chi connectivity index (χ0v) is 13.5. The quantitative estimate of drug-likeness (QED) is 0.797. The van der Waals surface area contributed by atoms with Gasteiger partial charge in [-0.05, 0) is 37.6 Å². The van der Waals surface area contributed by atoms with Crippen LogP contribution in [0.1, 0.15) is 22.3 Å². The summed E-state index contributed by atoms with van der Waals surface area (Å²) < 4.78 is 32.0. The summed E-state index contributed by atoms with van der Waals surface area (Å²) in [5.74, 6) is -0.552. The first-order valence-corrected chi connectivity index (χ1v) is 7.84. The van der Waals surface area contributed by atoms with Crippen LogP contribution in [0.4, 0.5) is 0 Å². The first-order valence-electron chi connectivity index (χ1n) is 6.36. The molecule has 1 fully saturated rings. The van der Waals surface area contributed by atoms with E-state index in [-0.39, 0.29) is 28.9 Å². The van der Waals surface area contributed by atoms with Crippen molar-refractivity contribution in [3.63, 3.8) is 0 Å². The Kier molecular flexibility index (Phi) is 6.15. The molecule has 0 radical (unpaired) electrons. The van der Waals surface area contributed by atoms with Crippen LogP contribution in [0.15, 0.2) is 23.1 Å². The fourth-order valence-electron chi connectivity index (χ4n) is 2.17. The summed E-state index contributed by atoms with van der Waals surface area (Å²) in [6, 6.07) is 4.40. The Bertz CT molecular complexity index is 613. The van der Waals surface area contributed by atoms with Gasteiger partial charge >= 0.3 is 5.97 Å². The number of methoxy groups -OCH3 is 1. The maximum Gasteiger partial charge on any atom is 0.337 e. The highest BCUT2D eigenvalue weighted by atomic mass is 35.5. The number of benzene rings is 1. The summed E-state index contributed by atoms with van der Waals surface area (Å²) in [5, 5.41) is 3.10. The Balaban J connectivity index is 0.00000220. The van der Waals surface area contributed by atoms with Crippen molar-refractivity contribution in [3.05, 3.63) is 29.3 Å². The van der Waals surface area contributed by atoms with Gasteiger partial charge in [-0.2, -0.15) is 0 Å². The van der Waals surface area contributed by atoms with Crippen molar-refractivity contribution in [2.24, 2.45) is 0 Å². The number of nitrogens with one attached hydrogen (secondary N) is 2.